The fourth-order valence-electron chi connectivity index (χ4n) is 3.97. The maximum Gasteiger partial charge on any atom is 0.122 e. The van der Waals surface area contributed by atoms with Gasteiger partial charge in [-0.1, -0.05) is 24.3 Å². The van der Waals surface area contributed by atoms with Gasteiger partial charge in [0.25, 0.3) is 0 Å². The van der Waals surface area contributed by atoms with E-state index in [1.807, 2.05) is 0 Å². The summed E-state index contributed by atoms with van der Waals surface area (Å²) in [5, 5.41) is 0. The second-order valence-corrected chi connectivity index (χ2v) is 6.76. The zero-order valence-electron chi connectivity index (χ0n) is 14.3. The molecule has 0 aromatic heterocycles. The molecule has 24 heavy (non-hydrogen) atoms. The standard InChI is InChI=1S/C21H25NO2/c1-23-19-7-5-17(6-8-19)20-3-2-12-22(20)13-10-16-4-9-21-18(15-16)11-14-24-21/h4-9,15,20H,2-3,10-14H2,1H3. The lowest BCUT2D eigenvalue weighted by Crippen LogP contribution is -2.25. The molecular formula is C21H25NO2. The highest BCUT2D eigenvalue weighted by molar-refractivity contribution is 5.40. The Morgan fingerprint density at radius 3 is 2.88 bits per heavy atom. The van der Waals surface area contributed by atoms with Crippen LogP contribution in [0.2, 0.25) is 0 Å². The van der Waals surface area contributed by atoms with Gasteiger partial charge in [0, 0.05) is 19.0 Å². The SMILES string of the molecule is COc1ccc(C2CCCN2CCc2ccc3c(c2)CCO3)cc1. The van der Waals surface area contributed by atoms with Crippen molar-refractivity contribution in [1.82, 2.24) is 4.90 Å². The molecule has 0 amide bonds. The molecule has 1 saturated heterocycles. The average molecular weight is 323 g/mol. The van der Waals surface area contributed by atoms with Gasteiger partial charge in [-0.15, -0.1) is 0 Å². The van der Waals surface area contributed by atoms with E-state index in [1.54, 1.807) is 7.11 Å². The predicted molar refractivity (Wildman–Crippen MR) is 95.9 cm³/mol. The van der Waals surface area contributed by atoms with Gasteiger partial charge in [-0.3, -0.25) is 4.90 Å². The summed E-state index contributed by atoms with van der Waals surface area (Å²) >= 11 is 0. The highest BCUT2D eigenvalue weighted by Crippen LogP contribution is 2.33. The summed E-state index contributed by atoms with van der Waals surface area (Å²) in [7, 11) is 1.72. The first-order chi connectivity index (χ1) is 11.8. The summed E-state index contributed by atoms with van der Waals surface area (Å²) in [4.78, 5) is 2.63. The van der Waals surface area contributed by atoms with Crippen LogP contribution in [0.1, 0.15) is 35.6 Å². The lowest BCUT2D eigenvalue weighted by atomic mass is 10.0. The zero-order chi connectivity index (χ0) is 16.4. The van der Waals surface area contributed by atoms with Gasteiger partial charge in [0.1, 0.15) is 11.5 Å². The van der Waals surface area contributed by atoms with E-state index in [-0.39, 0.29) is 0 Å². The van der Waals surface area contributed by atoms with Gasteiger partial charge in [-0.2, -0.15) is 0 Å². The van der Waals surface area contributed by atoms with Gasteiger partial charge < -0.3 is 9.47 Å². The Hall–Kier alpha value is -2.00. The number of likely N-dealkylation sites (tertiary alicyclic amines) is 1. The second kappa shape index (κ2) is 6.86. The molecular weight excluding hydrogens is 298 g/mol. The Labute approximate surface area is 144 Å². The summed E-state index contributed by atoms with van der Waals surface area (Å²) in [6.07, 6.45) is 4.71. The molecule has 0 saturated carbocycles. The minimum atomic E-state index is 0.550. The molecule has 0 radical (unpaired) electrons. The molecule has 4 rings (SSSR count). The van der Waals surface area contributed by atoms with E-state index in [9.17, 15) is 0 Å². The third-order valence-corrected chi connectivity index (χ3v) is 5.31. The maximum atomic E-state index is 5.60. The van der Waals surface area contributed by atoms with Crippen LogP contribution in [0.15, 0.2) is 42.5 Å². The van der Waals surface area contributed by atoms with Crippen molar-refractivity contribution in [2.75, 3.05) is 26.8 Å². The first kappa shape index (κ1) is 15.5. The first-order valence-electron chi connectivity index (χ1n) is 8.96. The molecule has 2 aliphatic heterocycles. The second-order valence-electron chi connectivity index (χ2n) is 6.76. The highest BCUT2D eigenvalue weighted by atomic mass is 16.5. The van der Waals surface area contributed by atoms with Gasteiger partial charge in [-0.25, -0.2) is 0 Å². The summed E-state index contributed by atoms with van der Waals surface area (Å²) in [5.74, 6) is 2.01. The Bertz CT molecular complexity index is 695. The third kappa shape index (κ3) is 3.13. The minimum Gasteiger partial charge on any atom is -0.497 e. The van der Waals surface area contributed by atoms with Crippen molar-refractivity contribution in [3.63, 3.8) is 0 Å². The molecule has 2 heterocycles. The summed E-state index contributed by atoms with van der Waals surface area (Å²) < 4.78 is 10.9. The fourth-order valence-corrected chi connectivity index (χ4v) is 3.97. The summed E-state index contributed by atoms with van der Waals surface area (Å²) in [5.41, 5.74) is 4.22. The number of rotatable bonds is 5. The Morgan fingerprint density at radius 1 is 1.17 bits per heavy atom. The lowest BCUT2D eigenvalue weighted by Gasteiger charge is -2.25. The van der Waals surface area contributed by atoms with E-state index in [2.05, 4.69) is 47.4 Å². The van der Waals surface area contributed by atoms with E-state index < -0.39 is 0 Å². The Balaban J connectivity index is 1.41. The number of benzene rings is 2. The quantitative estimate of drug-likeness (QED) is 0.830. The van der Waals surface area contributed by atoms with Crippen LogP contribution in [-0.2, 0) is 12.8 Å². The molecule has 1 unspecified atom stereocenters. The van der Waals surface area contributed by atoms with E-state index in [0.717, 1.165) is 37.5 Å². The summed E-state index contributed by atoms with van der Waals surface area (Å²) in [6.45, 7) is 3.16. The molecule has 0 bridgehead atoms. The van der Waals surface area contributed by atoms with Gasteiger partial charge in [0.05, 0.1) is 13.7 Å². The van der Waals surface area contributed by atoms with Crippen LogP contribution in [-0.4, -0.2) is 31.7 Å². The normalized spacial score (nSPS) is 20.0. The molecule has 0 spiro atoms. The Kier molecular flexibility index (Phi) is 4.44. The van der Waals surface area contributed by atoms with Crippen molar-refractivity contribution in [2.24, 2.45) is 0 Å². The van der Waals surface area contributed by atoms with Crippen LogP contribution >= 0.6 is 0 Å². The summed E-state index contributed by atoms with van der Waals surface area (Å²) in [6, 6.07) is 15.8. The predicted octanol–water partition coefficient (Wildman–Crippen LogP) is 4.01. The highest BCUT2D eigenvalue weighted by Gasteiger charge is 2.25. The molecule has 2 aromatic carbocycles. The van der Waals surface area contributed by atoms with E-state index >= 15 is 0 Å². The van der Waals surface area contributed by atoms with Crippen LogP contribution in [0, 0.1) is 0 Å². The van der Waals surface area contributed by atoms with Gasteiger partial charge >= 0.3 is 0 Å². The van der Waals surface area contributed by atoms with Crippen molar-refractivity contribution in [3.8, 4) is 11.5 Å². The number of nitrogens with zero attached hydrogens (tertiary/aromatic N) is 1. The van der Waals surface area contributed by atoms with Crippen LogP contribution in [0.25, 0.3) is 0 Å². The van der Waals surface area contributed by atoms with Crippen molar-refractivity contribution in [1.29, 1.82) is 0 Å². The van der Waals surface area contributed by atoms with Crippen LogP contribution < -0.4 is 9.47 Å². The number of ether oxygens (including phenoxy) is 2. The van der Waals surface area contributed by atoms with E-state index in [0.29, 0.717) is 6.04 Å². The van der Waals surface area contributed by atoms with Crippen LogP contribution in [0.4, 0.5) is 0 Å². The molecule has 126 valence electrons. The molecule has 0 aliphatic carbocycles. The average Bonchev–Trinajstić information content (AvgIpc) is 3.28. The maximum absolute atomic E-state index is 5.60. The van der Waals surface area contributed by atoms with Crippen molar-refractivity contribution < 1.29 is 9.47 Å². The van der Waals surface area contributed by atoms with E-state index in [4.69, 9.17) is 9.47 Å². The smallest absolute Gasteiger partial charge is 0.122 e. The molecule has 1 atom stereocenters. The van der Waals surface area contributed by atoms with Gasteiger partial charge in [0.2, 0.25) is 0 Å². The Morgan fingerprint density at radius 2 is 2.04 bits per heavy atom. The minimum absolute atomic E-state index is 0.550. The monoisotopic (exact) mass is 323 g/mol. The molecule has 3 nitrogen and oxygen atoms in total. The van der Waals surface area contributed by atoms with Gasteiger partial charge in [-0.05, 0) is 60.7 Å². The van der Waals surface area contributed by atoms with Crippen molar-refractivity contribution >= 4 is 0 Å². The fraction of sp³-hybridized carbons (Fsp3) is 0.429. The largest absolute Gasteiger partial charge is 0.497 e. The van der Waals surface area contributed by atoms with Crippen LogP contribution in [0.3, 0.4) is 0 Å². The molecule has 2 aliphatic rings. The number of fused-ring (bicyclic) bond motifs is 1. The topological polar surface area (TPSA) is 21.7 Å². The van der Waals surface area contributed by atoms with E-state index in [1.165, 1.54) is 36.1 Å². The van der Waals surface area contributed by atoms with Crippen LogP contribution in [0.5, 0.6) is 11.5 Å². The lowest BCUT2D eigenvalue weighted by molar-refractivity contribution is 0.260. The molecule has 1 fully saturated rings. The third-order valence-electron chi connectivity index (χ3n) is 5.31. The first-order valence-corrected chi connectivity index (χ1v) is 8.96. The number of hydrogen-bond donors (Lipinski definition) is 0. The molecule has 2 aromatic rings. The number of methoxy groups -OCH3 is 1. The molecule has 0 N–H and O–H groups in total. The van der Waals surface area contributed by atoms with Crippen molar-refractivity contribution in [3.05, 3.63) is 59.2 Å². The number of hydrogen-bond acceptors (Lipinski definition) is 3. The van der Waals surface area contributed by atoms with Gasteiger partial charge in [0.15, 0.2) is 0 Å². The zero-order valence-corrected chi connectivity index (χ0v) is 14.3. The van der Waals surface area contributed by atoms with Crippen molar-refractivity contribution in [2.45, 2.75) is 31.7 Å². The molecule has 3 heteroatoms.